The molecule has 0 unspecified atom stereocenters. The van der Waals surface area contributed by atoms with E-state index in [-0.39, 0.29) is 34.2 Å². The van der Waals surface area contributed by atoms with E-state index in [2.05, 4.69) is 0 Å². The zero-order valence-corrected chi connectivity index (χ0v) is 15.9. The molecule has 0 fully saturated rings. The molecule has 10 heteroatoms. The third-order valence-electron chi connectivity index (χ3n) is 3.47. The van der Waals surface area contributed by atoms with Gasteiger partial charge in [0.25, 0.3) is 0 Å². The first-order valence-corrected chi connectivity index (χ1v) is 8.99. The average molecular weight is 413 g/mol. The van der Waals surface area contributed by atoms with Gasteiger partial charge in [-0.15, -0.1) is 11.3 Å². The van der Waals surface area contributed by atoms with Crippen molar-refractivity contribution in [3.63, 3.8) is 0 Å². The standard InChI is InChI=1S/C18H17F2NO6S/c1-3-25-17(23)13-11(14(28-15(13)21)18(24)26-4-2)8-27-16(22)10-6-5-9(19)7-12(10)20/h5-7H,3-4,8,21H2,1-2H3. The van der Waals surface area contributed by atoms with Gasteiger partial charge in [-0.2, -0.15) is 0 Å². The summed E-state index contributed by atoms with van der Waals surface area (Å²) in [5, 5.41) is -0.0134. The van der Waals surface area contributed by atoms with Crippen LogP contribution in [0.25, 0.3) is 0 Å². The summed E-state index contributed by atoms with van der Waals surface area (Å²) in [5.74, 6) is -4.62. The maximum atomic E-state index is 13.7. The third kappa shape index (κ3) is 4.63. The van der Waals surface area contributed by atoms with Gasteiger partial charge in [0.1, 0.15) is 33.7 Å². The molecule has 1 aromatic carbocycles. The number of rotatable bonds is 7. The Morgan fingerprint density at radius 1 is 1.00 bits per heavy atom. The van der Waals surface area contributed by atoms with Crippen molar-refractivity contribution in [3.05, 3.63) is 51.4 Å². The fraction of sp³-hybridized carbons (Fsp3) is 0.278. The maximum Gasteiger partial charge on any atom is 0.348 e. The van der Waals surface area contributed by atoms with Crippen molar-refractivity contribution in [3.8, 4) is 0 Å². The summed E-state index contributed by atoms with van der Waals surface area (Å²) in [5.41, 5.74) is 5.21. The molecule has 0 bridgehead atoms. The highest BCUT2D eigenvalue weighted by atomic mass is 32.1. The lowest BCUT2D eigenvalue weighted by Crippen LogP contribution is -2.14. The van der Waals surface area contributed by atoms with E-state index in [1.54, 1.807) is 13.8 Å². The first-order valence-electron chi connectivity index (χ1n) is 8.17. The summed E-state index contributed by atoms with van der Waals surface area (Å²) in [6.45, 7) is 2.75. The molecule has 1 heterocycles. The normalized spacial score (nSPS) is 10.4. The lowest BCUT2D eigenvalue weighted by atomic mass is 10.1. The average Bonchev–Trinajstić information content (AvgIpc) is 2.96. The van der Waals surface area contributed by atoms with E-state index in [4.69, 9.17) is 19.9 Å². The van der Waals surface area contributed by atoms with Crippen LogP contribution in [-0.2, 0) is 20.8 Å². The van der Waals surface area contributed by atoms with Gasteiger partial charge in [0.15, 0.2) is 0 Å². The van der Waals surface area contributed by atoms with Gasteiger partial charge >= 0.3 is 17.9 Å². The number of hydrogen-bond acceptors (Lipinski definition) is 8. The van der Waals surface area contributed by atoms with E-state index < -0.39 is 41.7 Å². The second kappa shape index (κ2) is 9.27. The molecule has 0 aliphatic heterocycles. The summed E-state index contributed by atoms with van der Waals surface area (Å²) in [7, 11) is 0. The Balaban J connectivity index is 2.34. The fourth-order valence-electron chi connectivity index (χ4n) is 2.28. The lowest BCUT2D eigenvalue weighted by molar-refractivity contribution is 0.0433. The second-order valence-electron chi connectivity index (χ2n) is 5.29. The van der Waals surface area contributed by atoms with Crippen LogP contribution < -0.4 is 5.73 Å². The third-order valence-corrected chi connectivity index (χ3v) is 4.51. The molecule has 0 spiro atoms. The van der Waals surface area contributed by atoms with Crippen molar-refractivity contribution in [2.24, 2.45) is 0 Å². The minimum absolute atomic E-state index is 0.00438. The zero-order valence-electron chi connectivity index (χ0n) is 15.0. The SMILES string of the molecule is CCOC(=O)c1sc(N)c(C(=O)OCC)c1COC(=O)c1ccc(F)cc1F. The molecular weight excluding hydrogens is 396 g/mol. The molecule has 0 atom stereocenters. The van der Waals surface area contributed by atoms with Crippen LogP contribution in [0.4, 0.5) is 13.8 Å². The minimum Gasteiger partial charge on any atom is -0.462 e. The Morgan fingerprint density at radius 3 is 2.25 bits per heavy atom. The molecule has 0 saturated heterocycles. The molecule has 2 rings (SSSR count). The van der Waals surface area contributed by atoms with Crippen LogP contribution in [0.2, 0.25) is 0 Å². The molecule has 150 valence electrons. The predicted molar refractivity (Wildman–Crippen MR) is 96.1 cm³/mol. The molecular formula is C18H17F2NO6S. The van der Waals surface area contributed by atoms with Crippen molar-refractivity contribution < 1.29 is 37.4 Å². The van der Waals surface area contributed by atoms with Gasteiger partial charge in [-0.1, -0.05) is 0 Å². The summed E-state index contributed by atoms with van der Waals surface area (Å²) in [4.78, 5) is 36.4. The number of anilines is 1. The van der Waals surface area contributed by atoms with Crippen molar-refractivity contribution in [2.75, 3.05) is 18.9 Å². The number of nitrogens with two attached hydrogens (primary N) is 1. The van der Waals surface area contributed by atoms with Crippen LogP contribution in [0.3, 0.4) is 0 Å². The summed E-state index contributed by atoms with van der Waals surface area (Å²) < 4.78 is 41.6. The molecule has 2 N–H and O–H groups in total. The van der Waals surface area contributed by atoms with Gasteiger partial charge in [-0.05, 0) is 26.0 Å². The zero-order chi connectivity index (χ0) is 20.8. The fourth-order valence-corrected chi connectivity index (χ4v) is 3.24. The number of carbonyl (C=O) groups is 3. The number of carbonyl (C=O) groups excluding carboxylic acids is 3. The first kappa shape index (κ1) is 21.3. The Labute approximate surface area is 163 Å². The smallest absolute Gasteiger partial charge is 0.348 e. The van der Waals surface area contributed by atoms with Crippen molar-refractivity contribution in [2.45, 2.75) is 20.5 Å². The highest BCUT2D eigenvalue weighted by molar-refractivity contribution is 7.18. The Kier molecular flexibility index (Phi) is 7.05. The number of halogens is 2. The minimum atomic E-state index is -1.11. The molecule has 2 aromatic rings. The van der Waals surface area contributed by atoms with E-state index in [1.165, 1.54) is 0 Å². The van der Waals surface area contributed by atoms with Gasteiger partial charge in [0.2, 0.25) is 0 Å². The Bertz CT molecular complexity index is 912. The van der Waals surface area contributed by atoms with E-state index in [0.717, 1.165) is 23.5 Å². The van der Waals surface area contributed by atoms with E-state index in [9.17, 15) is 23.2 Å². The van der Waals surface area contributed by atoms with E-state index >= 15 is 0 Å². The maximum absolute atomic E-state index is 13.7. The number of esters is 3. The number of ether oxygens (including phenoxy) is 3. The molecule has 0 aliphatic rings. The molecule has 0 saturated carbocycles. The quantitative estimate of drug-likeness (QED) is 0.548. The van der Waals surface area contributed by atoms with Crippen molar-refractivity contribution >= 4 is 34.2 Å². The monoisotopic (exact) mass is 413 g/mol. The first-order chi connectivity index (χ1) is 13.3. The Hall–Kier alpha value is -3.01. The highest BCUT2D eigenvalue weighted by Gasteiger charge is 2.29. The van der Waals surface area contributed by atoms with Gasteiger partial charge in [-0.25, -0.2) is 23.2 Å². The van der Waals surface area contributed by atoms with Gasteiger partial charge in [0.05, 0.1) is 18.8 Å². The molecule has 0 radical (unpaired) electrons. The van der Waals surface area contributed by atoms with Crippen LogP contribution in [0.5, 0.6) is 0 Å². The molecule has 28 heavy (non-hydrogen) atoms. The largest absolute Gasteiger partial charge is 0.462 e. The summed E-state index contributed by atoms with van der Waals surface area (Å²) >= 11 is 0.783. The van der Waals surface area contributed by atoms with Crippen molar-refractivity contribution in [1.29, 1.82) is 0 Å². The van der Waals surface area contributed by atoms with Gasteiger partial charge in [-0.3, -0.25) is 0 Å². The van der Waals surface area contributed by atoms with E-state index in [0.29, 0.717) is 6.07 Å². The predicted octanol–water partition coefficient (Wildman–Crippen LogP) is 3.32. The van der Waals surface area contributed by atoms with Crippen LogP contribution in [0, 0.1) is 11.6 Å². The number of benzene rings is 1. The number of hydrogen-bond donors (Lipinski definition) is 1. The second-order valence-corrected chi connectivity index (χ2v) is 6.34. The Morgan fingerprint density at radius 2 is 1.64 bits per heavy atom. The molecule has 0 amide bonds. The van der Waals surface area contributed by atoms with E-state index in [1.807, 2.05) is 0 Å². The molecule has 1 aromatic heterocycles. The van der Waals surface area contributed by atoms with Gasteiger partial charge in [0, 0.05) is 11.6 Å². The van der Waals surface area contributed by atoms with Crippen LogP contribution >= 0.6 is 11.3 Å². The summed E-state index contributed by atoms with van der Waals surface area (Å²) in [6, 6.07) is 2.36. The van der Waals surface area contributed by atoms with Crippen LogP contribution in [0.1, 0.15) is 49.8 Å². The highest BCUT2D eigenvalue weighted by Crippen LogP contribution is 2.33. The van der Waals surface area contributed by atoms with Crippen molar-refractivity contribution in [1.82, 2.24) is 0 Å². The topological polar surface area (TPSA) is 105 Å². The lowest BCUT2D eigenvalue weighted by Gasteiger charge is -2.09. The molecule has 7 nitrogen and oxygen atoms in total. The van der Waals surface area contributed by atoms with Gasteiger partial charge < -0.3 is 19.9 Å². The van der Waals surface area contributed by atoms with Crippen LogP contribution in [0.15, 0.2) is 18.2 Å². The number of nitrogen functional groups attached to an aromatic ring is 1. The number of thiophene rings is 1. The molecule has 0 aliphatic carbocycles. The van der Waals surface area contributed by atoms with Crippen LogP contribution in [-0.4, -0.2) is 31.1 Å². The summed E-state index contributed by atoms with van der Waals surface area (Å²) in [6.07, 6.45) is 0.